The summed E-state index contributed by atoms with van der Waals surface area (Å²) in [5.74, 6) is -1.66. The van der Waals surface area contributed by atoms with E-state index < -0.39 is 21.8 Å². The second-order valence-corrected chi connectivity index (χ2v) is 9.19. The largest absolute Gasteiger partial charge is 0.324 e. The number of anilines is 1. The van der Waals surface area contributed by atoms with Crippen molar-refractivity contribution in [3.8, 4) is 0 Å². The molecular weight excluding hydrogens is 422 g/mol. The summed E-state index contributed by atoms with van der Waals surface area (Å²) in [4.78, 5) is 28.0. The number of hydrogen-bond acceptors (Lipinski definition) is 6. The fourth-order valence-corrected chi connectivity index (χ4v) is 4.64. The molecule has 1 heterocycles. The number of para-hydroxylation sites is 1. The van der Waals surface area contributed by atoms with Crippen LogP contribution in [-0.4, -0.2) is 25.2 Å². The maximum Gasteiger partial charge on any atom is 0.264 e. The van der Waals surface area contributed by atoms with Gasteiger partial charge >= 0.3 is 0 Å². The first kappa shape index (κ1) is 20.2. The van der Waals surface area contributed by atoms with E-state index in [9.17, 15) is 18.0 Å². The van der Waals surface area contributed by atoms with Crippen molar-refractivity contribution < 1.29 is 18.0 Å². The molecule has 28 heavy (non-hydrogen) atoms. The van der Waals surface area contributed by atoms with Gasteiger partial charge in [0.2, 0.25) is 11.8 Å². The Morgan fingerprint density at radius 3 is 2.57 bits per heavy atom. The zero-order chi connectivity index (χ0) is 20.5. The third-order valence-corrected chi connectivity index (χ3v) is 6.84. The van der Waals surface area contributed by atoms with Crippen LogP contribution in [0.4, 0.5) is 5.69 Å². The smallest absolute Gasteiger partial charge is 0.264 e. The molecule has 2 aromatic carbocycles. The highest BCUT2D eigenvalue weighted by molar-refractivity contribution is 7.90. The van der Waals surface area contributed by atoms with Crippen LogP contribution in [-0.2, 0) is 19.6 Å². The summed E-state index contributed by atoms with van der Waals surface area (Å²) in [6.45, 7) is 2.80. The maximum absolute atomic E-state index is 12.7. The molecule has 2 N–H and O–H groups in total. The number of benzene rings is 2. The molecule has 0 bridgehead atoms. The molecule has 0 saturated heterocycles. The molecule has 3 aromatic rings. The van der Waals surface area contributed by atoms with Crippen LogP contribution in [0.5, 0.6) is 0 Å². The molecule has 3 rings (SSSR count). The van der Waals surface area contributed by atoms with Crippen molar-refractivity contribution in [1.29, 1.82) is 0 Å². The molecule has 1 aromatic heterocycles. The molecule has 0 spiro atoms. The van der Waals surface area contributed by atoms with Crippen LogP contribution >= 0.6 is 22.9 Å². The van der Waals surface area contributed by atoms with Gasteiger partial charge in [0.05, 0.1) is 31.7 Å². The monoisotopic (exact) mass is 437 g/mol. The van der Waals surface area contributed by atoms with Gasteiger partial charge in [-0.05, 0) is 37.3 Å². The summed E-state index contributed by atoms with van der Waals surface area (Å²) in [7, 11) is -4.04. The van der Waals surface area contributed by atoms with Crippen molar-refractivity contribution in [2.75, 3.05) is 5.32 Å². The number of carbonyl (C=O) groups excluding carboxylic acids is 2. The lowest BCUT2D eigenvalue weighted by molar-refractivity contribution is -0.118. The van der Waals surface area contributed by atoms with Gasteiger partial charge < -0.3 is 5.32 Å². The van der Waals surface area contributed by atoms with E-state index in [4.69, 9.17) is 11.6 Å². The molecule has 10 heteroatoms. The summed E-state index contributed by atoms with van der Waals surface area (Å²) >= 11 is 7.52. The molecular formula is C18H16ClN3O4S2. The molecule has 2 amide bonds. The van der Waals surface area contributed by atoms with Gasteiger partial charge in [-0.15, -0.1) is 11.3 Å². The minimum atomic E-state index is -4.04. The minimum Gasteiger partial charge on any atom is -0.324 e. The first-order chi connectivity index (χ1) is 13.2. The van der Waals surface area contributed by atoms with E-state index >= 15 is 0 Å². The van der Waals surface area contributed by atoms with Crippen molar-refractivity contribution in [1.82, 2.24) is 9.71 Å². The van der Waals surface area contributed by atoms with Crippen LogP contribution in [0.25, 0.3) is 10.2 Å². The summed E-state index contributed by atoms with van der Waals surface area (Å²) in [6, 6.07) is 11.4. The molecule has 146 valence electrons. The molecule has 1 atom stereocenters. The summed E-state index contributed by atoms with van der Waals surface area (Å²) in [5.41, 5.74) is 0.939. The Bertz CT molecular complexity index is 1140. The Morgan fingerprint density at radius 2 is 1.89 bits per heavy atom. The normalized spacial score (nSPS) is 12.5. The highest BCUT2D eigenvalue weighted by Gasteiger charge is 2.22. The summed E-state index contributed by atoms with van der Waals surface area (Å²) in [6.07, 6.45) is 0. The van der Waals surface area contributed by atoms with Crippen LogP contribution in [0, 0.1) is 0 Å². The number of hydrogen-bond donors (Lipinski definition) is 2. The van der Waals surface area contributed by atoms with Gasteiger partial charge in [0.15, 0.2) is 0 Å². The van der Waals surface area contributed by atoms with E-state index in [1.54, 1.807) is 6.92 Å². The van der Waals surface area contributed by atoms with Crippen molar-refractivity contribution in [2.24, 2.45) is 0 Å². The molecule has 0 saturated carbocycles. The first-order valence-corrected chi connectivity index (χ1v) is 10.8. The number of sulfonamides is 1. The Kier molecular flexibility index (Phi) is 5.69. The fourth-order valence-electron chi connectivity index (χ4n) is 2.44. The molecule has 0 aliphatic heterocycles. The predicted molar refractivity (Wildman–Crippen MR) is 109 cm³/mol. The Hall–Kier alpha value is -2.49. The summed E-state index contributed by atoms with van der Waals surface area (Å²) in [5, 5.41) is 3.45. The molecule has 0 fully saturated rings. The number of thiazole rings is 1. The van der Waals surface area contributed by atoms with Gasteiger partial charge in [0.25, 0.3) is 10.0 Å². The van der Waals surface area contributed by atoms with Gasteiger partial charge in [-0.2, -0.15) is 0 Å². The Balaban J connectivity index is 1.85. The number of rotatable bonds is 5. The Labute approximate surface area is 170 Å². The van der Waals surface area contributed by atoms with Gasteiger partial charge in [-0.3, -0.25) is 9.59 Å². The fraction of sp³-hybridized carbons (Fsp3) is 0.167. The van der Waals surface area contributed by atoms with E-state index in [1.165, 1.54) is 29.5 Å². The number of halogens is 1. The highest BCUT2D eigenvalue weighted by Crippen LogP contribution is 2.30. The lowest BCUT2D eigenvalue weighted by Gasteiger charge is -2.13. The average Bonchev–Trinajstić information content (AvgIpc) is 3.05. The number of carbonyl (C=O) groups is 2. The number of nitrogens with one attached hydrogen (secondary N) is 2. The van der Waals surface area contributed by atoms with Crippen LogP contribution in [0.1, 0.15) is 24.8 Å². The molecule has 1 unspecified atom stereocenters. The second kappa shape index (κ2) is 7.86. The predicted octanol–water partition coefficient (Wildman–Crippen LogP) is 3.52. The molecule has 0 aliphatic rings. The van der Waals surface area contributed by atoms with Crippen molar-refractivity contribution in [3.05, 3.63) is 52.5 Å². The first-order valence-electron chi connectivity index (χ1n) is 8.16. The standard InChI is InChI=1S/C18H16ClN3O4S2/c1-10(18-21-14-5-3-4-6-16(14)27-18)17(24)20-15-9-12(7-8-13(15)19)28(25,26)22-11(2)23/h3-10H,1-2H3,(H,20,24)(H,22,23). The number of amides is 2. The van der Waals surface area contributed by atoms with Crippen LogP contribution in [0.15, 0.2) is 47.4 Å². The SMILES string of the molecule is CC(=O)NS(=O)(=O)c1ccc(Cl)c(NC(=O)C(C)c2nc3ccccc3s2)c1. The van der Waals surface area contributed by atoms with Gasteiger partial charge in [-0.25, -0.2) is 18.1 Å². The van der Waals surface area contributed by atoms with Gasteiger partial charge in [0.1, 0.15) is 5.01 Å². The van der Waals surface area contributed by atoms with Gasteiger partial charge in [-0.1, -0.05) is 23.7 Å². The zero-order valence-corrected chi connectivity index (χ0v) is 17.3. The average molecular weight is 438 g/mol. The quantitative estimate of drug-likeness (QED) is 0.635. The number of fused-ring (bicyclic) bond motifs is 1. The van der Waals surface area contributed by atoms with Crippen molar-refractivity contribution in [2.45, 2.75) is 24.7 Å². The highest BCUT2D eigenvalue weighted by atomic mass is 35.5. The topological polar surface area (TPSA) is 105 Å². The third kappa shape index (κ3) is 4.32. The number of aromatic nitrogens is 1. The molecule has 7 nitrogen and oxygen atoms in total. The van der Waals surface area contributed by atoms with Crippen molar-refractivity contribution in [3.63, 3.8) is 0 Å². The Morgan fingerprint density at radius 1 is 1.18 bits per heavy atom. The van der Waals surface area contributed by atoms with Crippen LogP contribution in [0.3, 0.4) is 0 Å². The van der Waals surface area contributed by atoms with Crippen LogP contribution < -0.4 is 10.0 Å². The lowest BCUT2D eigenvalue weighted by Crippen LogP contribution is -2.28. The van der Waals surface area contributed by atoms with Crippen LogP contribution in [0.2, 0.25) is 5.02 Å². The summed E-state index contributed by atoms with van der Waals surface area (Å²) < 4.78 is 27.1. The second-order valence-electron chi connectivity index (χ2n) is 6.03. The zero-order valence-electron chi connectivity index (χ0n) is 14.9. The van der Waals surface area contributed by atoms with Gasteiger partial charge in [0, 0.05) is 6.92 Å². The lowest BCUT2D eigenvalue weighted by atomic mass is 10.1. The van der Waals surface area contributed by atoms with E-state index in [1.807, 2.05) is 29.0 Å². The van der Waals surface area contributed by atoms with Crippen molar-refractivity contribution >= 4 is 60.7 Å². The number of nitrogens with zero attached hydrogens (tertiary/aromatic N) is 1. The maximum atomic E-state index is 12.7. The molecule has 0 aliphatic carbocycles. The van der Waals surface area contributed by atoms with E-state index in [-0.39, 0.29) is 21.5 Å². The molecule has 0 radical (unpaired) electrons. The van der Waals surface area contributed by atoms with E-state index in [2.05, 4.69) is 10.3 Å². The minimum absolute atomic E-state index is 0.131. The van der Waals surface area contributed by atoms with E-state index in [0.717, 1.165) is 17.1 Å². The van der Waals surface area contributed by atoms with E-state index in [0.29, 0.717) is 5.01 Å². The third-order valence-electron chi connectivity index (χ3n) is 3.86.